The quantitative estimate of drug-likeness (QED) is 0.724. The van der Waals surface area contributed by atoms with Gasteiger partial charge in [-0.05, 0) is 36.8 Å². The van der Waals surface area contributed by atoms with Crippen LogP contribution in [0, 0.1) is 5.82 Å². The first kappa shape index (κ1) is 19.9. The van der Waals surface area contributed by atoms with Crippen molar-refractivity contribution in [2.45, 2.75) is 16.6 Å². The molecule has 0 bridgehead atoms. The van der Waals surface area contributed by atoms with Gasteiger partial charge >= 0.3 is 5.97 Å². The number of sulfonamides is 1. The molecule has 2 aromatic carbocycles. The molecule has 0 N–H and O–H groups in total. The number of methoxy groups -OCH3 is 1. The maximum absolute atomic E-state index is 14.1. The summed E-state index contributed by atoms with van der Waals surface area (Å²) in [4.78, 5) is 11.6. The number of halogens is 1. The fourth-order valence-electron chi connectivity index (χ4n) is 3.00. The summed E-state index contributed by atoms with van der Waals surface area (Å²) >= 11 is 1.57. The zero-order chi connectivity index (χ0) is 19.4. The predicted molar refractivity (Wildman–Crippen MR) is 103 cm³/mol. The lowest BCUT2D eigenvalue weighted by Crippen LogP contribution is -2.33. The number of rotatable bonds is 4. The van der Waals surface area contributed by atoms with Crippen molar-refractivity contribution in [2.75, 3.05) is 26.0 Å². The number of ether oxygens (including phenoxy) is 1. The Kier molecular flexibility index (Phi) is 6.18. The van der Waals surface area contributed by atoms with Gasteiger partial charge in [-0.3, -0.25) is 0 Å². The number of benzene rings is 2. The summed E-state index contributed by atoms with van der Waals surface area (Å²) < 4.78 is 46.0. The molecule has 144 valence electrons. The van der Waals surface area contributed by atoms with E-state index in [2.05, 4.69) is 4.74 Å². The van der Waals surface area contributed by atoms with Gasteiger partial charge in [0, 0.05) is 29.7 Å². The molecule has 0 amide bonds. The van der Waals surface area contributed by atoms with Crippen LogP contribution in [0.2, 0.25) is 0 Å². The second-order valence-electron chi connectivity index (χ2n) is 6.09. The molecule has 1 unspecified atom stereocenters. The van der Waals surface area contributed by atoms with Crippen LogP contribution in [0.1, 0.15) is 27.6 Å². The van der Waals surface area contributed by atoms with E-state index < -0.39 is 16.0 Å². The van der Waals surface area contributed by atoms with Crippen LogP contribution in [0.5, 0.6) is 0 Å². The molecule has 0 radical (unpaired) electrons. The lowest BCUT2D eigenvalue weighted by atomic mass is 10.1. The van der Waals surface area contributed by atoms with Gasteiger partial charge in [-0.15, -0.1) is 0 Å². The Morgan fingerprint density at radius 2 is 1.85 bits per heavy atom. The van der Waals surface area contributed by atoms with Gasteiger partial charge in [0.25, 0.3) is 0 Å². The van der Waals surface area contributed by atoms with Crippen molar-refractivity contribution >= 4 is 27.8 Å². The predicted octanol–water partition coefficient (Wildman–Crippen LogP) is 3.48. The molecule has 1 aliphatic rings. The molecule has 27 heavy (non-hydrogen) atoms. The molecule has 1 heterocycles. The van der Waals surface area contributed by atoms with Gasteiger partial charge in [-0.2, -0.15) is 16.1 Å². The first-order valence-corrected chi connectivity index (χ1v) is 11.0. The highest BCUT2D eigenvalue weighted by molar-refractivity contribution is 7.99. The molecule has 3 rings (SSSR count). The van der Waals surface area contributed by atoms with Gasteiger partial charge < -0.3 is 4.74 Å². The van der Waals surface area contributed by atoms with E-state index in [-0.39, 0.29) is 16.0 Å². The van der Waals surface area contributed by atoms with Crippen molar-refractivity contribution in [3.8, 4) is 0 Å². The number of carbonyl (C=O) groups excluding carboxylic acids is 1. The summed E-state index contributed by atoms with van der Waals surface area (Å²) in [6.45, 7) is 0.670. The van der Waals surface area contributed by atoms with Crippen molar-refractivity contribution in [3.05, 3.63) is 65.5 Å². The Balaban J connectivity index is 1.76. The van der Waals surface area contributed by atoms with Gasteiger partial charge in [0.15, 0.2) is 0 Å². The summed E-state index contributed by atoms with van der Waals surface area (Å²) in [6, 6.07) is 12.3. The lowest BCUT2D eigenvalue weighted by molar-refractivity contribution is 0.0600. The third kappa shape index (κ3) is 4.34. The summed E-state index contributed by atoms with van der Waals surface area (Å²) in [5.41, 5.74) is 0.909. The zero-order valence-electron chi connectivity index (χ0n) is 14.8. The Morgan fingerprint density at radius 3 is 2.52 bits per heavy atom. The molecule has 8 heteroatoms. The second kappa shape index (κ2) is 8.41. The maximum Gasteiger partial charge on any atom is 0.337 e. The molecule has 0 aromatic heterocycles. The van der Waals surface area contributed by atoms with Crippen LogP contribution in [0.4, 0.5) is 4.39 Å². The van der Waals surface area contributed by atoms with E-state index in [9.17, 15) is 17.6 Å². The molecule has 1 saturated heterocycles. The normalized spacial score (nSPS) is 18.7. The molecule has 0 aliphatic carbocycles. The molecule has 5 nitrogen and oxygen atoms in total. The Hall–Kier alpha value is -1.90. The maximum atomic E-state index is 14.1. The fraction of sp³-hybridized carbons (Fsp3) is 0.316. The minimum absolute atomic E-state index is 0.0758. The second-order valence-corrected chi connectivity index (χ2v) is 9.34. The SMILES string of the molecule is COC(=O)c1ccc(S(=O)(=O)N2CCSC(c3ccccc3F)CC2)cc1. The monoisotopic (exact) mass is 409 g/mol. The van der Waals surface area contributed by atoms with Crippen LogP contribution in [0.25, 0.3) is 0 Å². The van der Waals surface area contributed by atoms with Crippen molar-refractivity contribution < 1.29 is 22.3 Å². The van der Waals surface area contributed by atoms with Crippen LogP contribution in [0.3, 0.4) is 0 Å². The Bertz CT molecular complexity index is 916. The largest absolute Gasteiger partial charge is 0.465 e. The van der Waals surface area contributed by atoms with Gasteiger partial charge in [-0.1, -0.05) is 18.2 Å². The van der Waals surface area contributed by atoms with Gasteiger partial charge in [0.2, 0.25) is 10.0 Å². The highest BCUT2D eigenvalue weighted by atomic mass is 32.2. The number of hydrogen-bond acceptors (Lipinski definition) is 5. The van der Waals surface area contributed by atoms with Crippen molar-refractivity contribution in [3.63, 3.8) is 0 Å². The van der Waals surface area contributed by atoms with E-state index in [0.29, 0.717) is 36.4 Å². The van der Waals surface area contributed by atoms with Crippen molar-refractivity contribution in [2.24, 2.45) is 0 Å². The third-order valence-electron chi connectivity index (χ3n) is 4.47. The minimum atomic E-state index is -3.68. The average molecular weight is 410 g/mol. The first-order chi connectivity index (χ1) is 12.9. The number of esters is 1. The van der Waals surface area contributed by atoms with Crippen LogP contribution in [-0.2, 0) is 14.8 Å². The molecule has 1 atom stereocenters. The molecular weight excluding hydrogens is 389 g/mol. The highest BCUT2D eigenvalue weighted by Crippen LogP contribution is 2.36. The van der Waals surface area contributed by atoms with E-state index in [4.69, 9.17) is 0 Å². The topological polar surface area (TPSA) is 63.7 Å². The summed E-state index contributed by atoms with van der Waals surface area (Å²) in [7, 11) is -2.40. The van der Waals surface area contributed by atoms with Gasteiger partial charge in [-0.25, -0.2) is 17.6 Å². The van der Waals surface area contributed by atoms with E-state index in [1.807, 2.05) is 0 Å². The Labute approximate surface area is 162 Å². The zero-order valence-corrected chi connectivity index (χ0v) is 16.4. The number of nitrogens with zero attached hydrogens (tertiary/aromatic N) is 1. The molecule has 1 fully saturated rings. The standard InChI is InChI=1S/C19H20FNO4S2/c1-25-19(22)14-6-8-15(9-7-14)27(23,24)21-11-10-18(26-13-12-21)16-4-2-3-5-17(16)20/h2-9,18H,10-13H2,1H3. The lowest BCUT2D eigenvalue weighted by Gasteiger charge is -2.20. The van der Waals surface area contributed by atoms with E-state index >= 15 is 0 Å². The average Bonchev–Trinajstić information content (AvgIpc) is 2.94. The molecular formula is C19H20FNO4S2. The molecule has 0 saturated carbocycles. The smallest absolute Gasteiger partial charge is 0.337 e. The van der Waals surface area contributed by atoms with Crippen LogP contribution >= 0.6 is 11.8 Å². The molecule has 0 spiro atoms. The van der Waals surface area contributed by atoms with Crippen LogP contribution in [0.15, 0.2) is 53.4 Å². The summed E-state index contributed by atoms with van der Waals surface area (Å²) in [5.74, 6) is -0.194. The van der Waals surface area contributed by atoms with Gasteiger partial charge in [0.05, 0.1) is 17.6 Å². The van der Waals surface area contributed by atoms with E-state index in [0.717, 1.165) is 0 Å². The van der Waals surface area contributed by atoms with E-state index in [1.165, 1.54) is 41.7 Å². The molecule has 1 aliphatic heterocycles. The van der Waals surface area contributed by atoms with Crippen molar-refractivity contribution in [1.82, 2.24) is 4.31 Å². The number of hydrogen-bond donors (Lipinski definition) is 0. The minimum Gasteiger partial charge on any atom is -0.465 e. The number of carbonyl (C=O) groups is 1. The first-order valence-electron chi connectivity index (χ1n) is 8.48. The highest BCUT2D eigenvalue weighted by Gasteiger charge is 2.29. The molecule has 2 aromatic rings. The van der Waals surface area contributed by atoms with Crippen molar-refractivity contribution in [1.29, 1.82) is 0 Å². The third-order valence-corrected chi connectivity index (χ3v) is 7.69. The Morgan fingerprint density at radius 1 is 1.15 bits per heavy atom. The van der Waals surface area contributed by atoms with Crippen LogP contribution in [-0.4, -0.2) is 44.6 Å². The summed E-state index contributed by atoms with van der Waals surface area (Å²) in [5, 5.41) is -0.0758. The van der Waals surface area contributed by atoms with Crippen LogP contribution < -0.4 is 0 Å². The fourth-order valence-corrected chi connectivity index (χ4v) is 5.83. The number of thioether (sulfide) groups is 1. The summed E-state index contributed by atoms with van der Waals surface area (Å²) in [6.07, 6.45) is 0.533. The van der Waals surface area contributed by atoms with Gasteiger partial charge in [0.1, 0.15) is 5.82 Å². The van der Waals surface area contributed by atoms with E-state index in [1.54, 1.807) is 30.0 Å².